The van der Waals surface area contributed by atoms with Crippen LogP contribution < -0.4 is 15.5 Å². The van der Waals surface area contributed by atoms with E-state index < -0.39 is 0 Å². The van der Waals surface area contributed by atoms with Gasteiger partial charge >= 0.3 is 0 Å². The lowest BCUT2D eigenvalue weighted by molar-refractivity contribution is 0.406. The van der Waals surface area contributed by atoms with E-state index in [-0.39, 0.29) is 12.3 Å². The molecule has 0 fully saturated rings. The van der Waals surface area contributed by atoms with Crippen molar-refractivity contribution in [2.45, 2.75) is 12.3 Å². The molecule has 0 aliphatic carbocycles. The van der Waals surface area contributed by atoms with Crippen molar-refractivity contribution in [3.05, 3.63) is 145 Å². The van der Waals surface area contributed by atoms with E-state index in [0.717, 1.165) is 28.5 Å². The molecule has 0 bridgehead atoms. The van der Waals surface area contributed by atoms with E-state index in [4.69, 9.17) is 4.99 Å². The van der Waals surface area contributed by atoms with Crippen LogP contribution in [-0.4, -0.2) is 5.96 Å². The lowest BCUT2D eigenvalue weighted by Crippen LogP contribution is -2.50. The molecule has 2 unspecified atom stereocenters. The summed E-state index contributed by atoms with van der Waals surface area (Å²) >= 11 is 1.86. The smallest absolute Gasteiger partial charge is 0.206 e. The van der Waals surface area contributed by atoms with Crippen LogP contribution in [-0.2, 0) is 0 Å². The number of fused-ring (bicyclic) bond motifs is 7. The number of hydrogen-bond donors (Lipinski definition) is 2. The topological polar surface area (TPSA) is 39.7 Å². The molecule has 0 radical (unpaired) electrons. The van der Waals surface area contributed by atoms with E-state index in [9.17, 15) is 0 Å². The number of nitrogens with one attached hydrogen (secondary N) is 2. The van der Waals surface area contributed by atoms with E-state index in [1.54, 1.807) is 0 Å². The van der Waals surface area contributed by atoms with Crippen molar-refractivity contribution in [2.75, 3.05) is 4.90 Å². The molecule has 4 nitrogen and oxygen atoms in total. The van der Waals surface area contributed by atoms with Crippen LogP contribution in [0.4, 0.5) is 11.4 Å². The van der Waals surface area contributed by atoms with Crippen LogP contribution in [0.5, 0.6) is 0 Å². The van der Waals surface area contributed by atoms with Gasteiger partial charge in [0.1, 0.15) is 12.3 Å². The van der Waals surface area contributed by atoms with E-state index in [2.05, 4.69) is 143 Å². The monoisotopic (exact) mass is 534 g/mol. The Morgan fingerprint density at radius 2 is 1.20 bits per heavy atom. The van der Waals surface area contributed by atoms with Crippen molar-refractivity contribution in [1.29, 1.82) is 0 Å². The number of thiophene rings is 1. The summed E-state index contributed by atoms with van der Waals surface area (Å²) in [7, 11) is 0. The fourth-order valence-electron chi connectivity index (χ4n) is 5.88. The van der Waals surface area contributed by atoms with E-state index in [0.29, 0.717) is 0 Å². The summed E-state index contributed by atoms with van der Waals surface area (Å²) in [4.78, 5) is 8.93. The first-order valence-corrected chi connectivity index (χ1v) is 14.4. The zero-order valence-electron chi connectivity index (χ0n) is 21.7. The number of benzene rings is 5. The summed E-state index contributed by atoms with van der Waals surface area (Å²) in [6.45, 7) is 0. The van der Waals surface area contributed by atoms with Crippen LogP contribution in [0.1, 0.15) is 23.5 Å². The van der Waals surface area contributed by atoms with Crippen molar-refractivity contribution in [3.8, 4) is 21.6 Å². The van der Waals surface area contributed by atoms with E-state index in [1.165, 1.54) is 31.7 Å². The number of rotatable bonds is 2. The predicted octanol–water partition coefficient (Wildman–Crippen LogP) is 8.63. The minimum Gasteiger partial charge on any atom is -0.336 e. The molecule has 2 atom stereocenters. The van der Waals surface area contributed by atoms with Gasteiger partial charge in [-0.1, -0.05) is 115 Å². The van der Waals surface area contributed by atoms with Gasteiger partial charge in [0.15, 0.2) is 0 Å². The van der Waals surface area contributed by atoms with Crippen LogP contribution in [0, 0.1) is 0 Å². The van der Waals surface area contributed by atoms with E-state index in [1.807, 2.05) is 17.4 Å². The quantitative estimate of drug-likeness (QED) is 0.234. The lowest BCUT2D eigenvalue weighted by atomic mass is 9.99. The lowest BCUT2D eigenvalue weighted by Gasteiger charge is -2.37. The fourth-order valence-corrected chi connectivity index (χ4v) is 7.13. The van der Waals surface area contributed by atoms with Gasteiger partial charge in [-0.3, -0.25) is 10.2 Å². The third-order valence-electron chi connectivity index (χ3n) is 7.71. The summed E-state index contributed by atoms with van der Waals surface area (Å²) in [5, 5.41) is 8.79. The summed E-state index contributed by atoms with van der Waals surface area (Å²) in [6.07, 6.45) is -0.323. The maximum Gasteiger partial charge on any atom is 0.206 e. The minimum atomic E-state index is -0.208. The zero-order valence-corrected chi connectivity index (χ0v) is 22.5. The third-order valence-corrected chi connectivity index (χ3v) is 8.91. The maximum absolute atomic E-state index is 5.32. The van der Waals surface area contributed by atoms with Gasteiger partial charge in [-0.25, -0.2) is 4.99 Å². The zero-order chi connectivity index (χ0) is 26.5. The average molecular weight is 535 g/mol. The SMILES string of the molecule is c1ccc(C2N=C(N3c4ccccc4-c4sc5ccccc5c4-c4ccccc43)NC(c3ccccc3)N2)cc1. The molecule has 5 aromatic carbocycles. The summed E-state index contributed by atoms with van der Waals surface area (Å²) in [5.74, 6) is 0.820. The molecule has 5 heteroatoms. The molecule has 40 heavy (non-hydrogen) atoms. The standard InChI is InChI=1S/C35H26N4S/c1-3-13-23(14-4-1)33-36-34(24-15-5-2-6-16-24)38-35(37-33)39-28-20-10-7-17-25(28)31-27-19-9-12-22-30(27)40-32(31)26-18-8-11-21-29(26)39/h1-22,33-34,36H,(H,37,38). The highest BCUT2D eigenvalue weighted by molar-refractivity contribution is 7.23. The third kappa shape index (κ3) is 3.74. The second kappa shape index (κ2) is 9.49. The average Bonchev–Trinajstić information content (AvgIpc) is 3.36. The van der Waals surface area contributed by atoms with Gasteiger partial charge in [0.2, 0.25) is 5.96 Å². The van der Waals surface area contributed by atoms with Gasteiger partial charge in [0.25, 0.3) is 0 Å². The van der Waals surface area contributed by atoms with Crippen LogP contribution in [0.15, 0.2) is 138 Å². The second-order valence-corrected chi connectivity index (χ2v) is 11.1. The van der Waals surface area contributed by atoms with Gasteiger partial charge in [0.05, 0.1) is 11.4 Å². The Hall–Kier alpha value is -4.71. The Morgan fingerprint density at radius 1 is 0.600 bits per heavy atom. The first kappa shape index (κ1) is 23.2. The Morgan fingerprint density at radius 3 is 1.98 bits per heavy atom. The van der Waals surface area contributed by atoms with Crippen molar-refractivity contribution >= 4 is 38.8 Å². The van der Waals surface area contributed by atoms with Gasteiger partial charge < -0.3 is 5.32 Å². The summed E-state index contributed by atoms with van der Waals surface area (Å²) in [5.41, 5.74) is 8.24. The highest BCUT2D eigenvalue weighted by Crippen LogP contribution is 2.53. The summed E-state index contributed by atoms with van der Waals surface area (Å²) in [6, 6.07) is 47.2. The largest absolute Gasteiger partial charge is 0.336 e. The molecule has 3 heterocycles. The Kier molecular flexibility index (Phi) is 5.50. The number of hydrogen-bond acceptors (Lipinski definition) is 5. The highest BCUT2D eigenvalue weighted by atomic mass is 32.1. The molecule has 0 saturated heterocycles. The Labute approximate surface area is 237 Å². The fraction of sp³-hybridized carbons (Fsp3) is 0.0571. The molecule has 2 aliphatic rings. The van der Waals surface area contributed by atoms with Gasteiger partial charge in [-0.15, -0.1) is 11.3 Å². The first-order chi connectivity index (χ1) is 19.8. The van der Waals surface area contributed by atoms with Crippen molar-refractivity contribution in [2.24, 2.45) is 4.99 Å². The van der Waals surface area contributed by atoms with Gasteiger partial charge in [-0.2, -0.15) is 0 Å². The van der Waals surface area contributed by atoms with Crippen LogP contribution >= 0.6 is 11.3 Å². The van der Waals surface area contributed by atoms with Crippen LogP contribution in [0.3, 0.4) is 0 Å². The predicted molar refractivity (Wildman–Crippen MR) is 167 cm³/mol. The maximum atomic E-state index is 5.32. The van der Waals surface area contributed by atoms with E-state index >= 15 is 0 Å². The number of guanidine groups is 1. The molecule has 6 aromatic rings. The number of anilines is 2. The molecule has 8 rings (SSSR count). The molecular weight excluding hydrogens is 508 g/mol. The molecule has 0 saturated carbocycles. The molecule has 2 aliphatic heterocycles. The molecule has 2 N–H and O–H groups in total. The Balaban J connectivity index is 1.37. The van der Waals surface area contributed by atoms with Gasteiger partial charge in [0, 0.05) is 31.7 Å². The van der Waals surface area contributed by atoms with Crippen LogP contribution in [0.2, 0.25) is 0 Å². The normalized spacial score (nSPS) is 17.7. The molecule has 0 spiro atoms. The van der Waals surface area contributed by atoms with Crippen molar-refractivity contribution < 1.29 is 0 Å². The second-order valence-electron chi connectivity index (χ2n) is 10.1. The van der Waals surface area contributed by atoms with Gasteiger partial charge in [-0.05, 0) is 29.3 Å². The number of para-hydroxylation sites is 2. The Bertz CT molecular complexity index is 1880. The molecule has 192 valence electrons. The van der Waals surface area contributed by atoms with Crippen LogP contribution in [0.25, 0.3) is 31.7 Å². The van der Waals surface area contributed by atoms with Crippen molar-refractivity contribution in [1.82, 2.24) is 10.6 Å². The summed E-state index contributed by atoms with van der Waals surface area (Å²) < 4.78 is 1.30. The number of aliphatic imine (C=N–C) groups is 1. The molecular formula is C35H26N4S. The molecule has 1 aromatic heterocycles. The minimum absolute atomic E-state index is 0.114. The van der Waals surface area contributed by atoms with Crippen molar-refractivity contribution in [3.63, 3.8) is 0 Å². The number of nitrogens with zero attached hydrogens (tertiary/aromatic N) is 2. The highest BCUT2D eigenvalue weighted by Gasteiger charge is 2.34. The molecule has 0 amide bonds. The first-order valence-electron chi connectivity index (χ1n) is 13.6.